The first-order valence-electron chi connectivity index (χ1n) is 7.16. The number of fused-ring (bicyclic) bond motifs is 1. The second kappa shape index (κ2) is 5.60. The van der Waals surface area contributed by atoms with Crippen LogP contribution in [0.5, 0.6) is 11.5 Å². The molecule has 0 aliphatic heterocycles. The third-order valence-electron chi connectivity index (χ3n) is 3.76. The van der Waals surface area contributed by atoms with Gasteiger partial charge in [0.1, 0.15) is 17.3 Å². The van der Waals surface area contributed by atoms with Crippen molar-refractivity contribution in [3.63, 3.8) is 0 Å². The van der Waals surface area contributed by atoms with Gasteiger partial charge in [-0.3, -0.25) is 0 Å². The van der Waals surface area contributed by atoms with Gasteiger partial charge in [-0.15, -0.1) is 0 Å². The Labute approximate surface area is 129 Å². The van der Waals surface area contributed by atoms with E-state index in [-0.39, 0.29) is 0 Å². The summed E-state index contributed by atoms with van der Waals surface area (Å²) in [5.74, 6) is 2.35. The Balaban J connectivity index is 2.21. The van der Waals surface area contributed by atoms with Gasteiger partial charge in [-0.05, 0) is 37.3 Å². The smallest absolute Gasteiger partial charge is 0.142 e. The molecule has 2 N–H and O–H groups in total. The summed E-state index contributed by atoms with van der Waals surface area (Å²) in [6, 6.07) is 11.6. The quantitative estimate of drug-likeness (QED) is 0.750. The van der Waals surface area contributed by atoms with Gasteiger partial charge in [-0.25, -0.2) is 4.98 Å². The lowest BCUT2D eigenvalue weighted by molar-refractivity contribution is 0.415. The molecule has 0 amide bonds. The summed E-state index contributed by atoms with van der Waals surface area (Å²) in [6.45, 7) is 2.92. The number of nitrogens with zero attached hydrogens (tertiary/aromatic N) is 2. The van der Waals surface area contributed by atoms with Crippen LogP contribution in [-0.2, 0) is 6.54 Å². The highest BCUT2D eigenvalue weighted by Crippen LogP contribution is 2.31. The third kappa shape index (κ3) is 2.24. The first-order valence-corrected chi connectivity index (χ1v) is 7.16. The number of ether oxygens (including phenoxy) is 2. The van der Waals surface area contributed by atoms with E-state index in [4.69, 9.17) is 20.2 Å². The minimum absolute atomic E-state index is 0.618. The van der Waals surface area contributed by atoms with Crippen LogP contribution in [-0.4, -0.2) is 23.8 Å². The summed E-state index contributed by atoms with van der Waals surface area (Å²) in [5.41, 5.74) is 9.47. The zero-order chi connectivity index (χ0) is 15.7. The number of methoxy groups -OCH3 is 2. The van der Waals surface area contributed by atoms with E-state index in [1.54, 1.807) is 14.2 Å². The monoisotopic (exact) mass is 297 g/mol. The van der Waals surface area contributed by atoms with E-state index >= 15 is 0 Å². The van der Waals surface area contributed by atoms with Crippen LogP contribution in [0, 0.1) is 0 Å². The lowest BCUT2D eigenvalue weighted by Gasteiger charge is -2.09. The molecule has 5 heteroatoms. The van der Waals surface area contributed by atoms with Gasteiger partial charge < -0.3 is 19.8 Å². The van der Waals surface area contributed by atoms with Crippen molar-refractivity contribution in [3.8, 4) is 22.9 Å². The number of rotatable bonds is 4. The van der Waals surface area contributed by atoms with Crippen molar-refractivity contribution in [2.75, 3.05) is 20.0 Å². The van der Waals surface area contributed by atoms with E-state index in [0.717, 1.165) is 34.7 Å². The zero-order valence-electron chi connectivity index (χ0n) is 13.0. The summed E-state index contributed by atoms with van der Waals surface area (Å²) in [4.78, 5) is 4.75. The van der Waals surface area contributed by atoms with Crippen LogP contribution in [0.1, 0.15) is 6.92 Å². The van der Waals surface area contributed by atoms with Crippen LogP contribution >= 0.6 is 0 Å². The van der Waals surface area contributed by atoms with Crippen LogP contribution in [0.2, 0.25) is 0 Å². The molecule has 0 aliphatic carbocycles. The van der Waals surface area contributed by atoms with Gasteiger partial charge in [-0.2, -0.15) is 0 Å². The molecule has 0 fully saturated rings. The van der Waals surface area contributed by atoms with E-state index in [1.807, 2.05) is 36.4 Å². The molecule has 0 aliphatic rings. The largest absolute Gasteiger partial charge is 0.497 e. The van der Waals surface area contributed by atoms with Crippen molar-refractivity contribution >= 4 is 16.7 Å². The molecule has 0 saturated heterocycles. The number of aromatic nitrogens is 2. The van der Waals surface area contributed by atoms with Gasteiger partial charge in [-0.1, -0.05) is 0 Å². The fraction of sp³-hybridized carbons (Fsp3) is 0.235. The minimum atomic E-state index is 0.618. The van der Waals surface area contributed by atoms with E-state index in [9.17, 15) is 0 Å². The number of nitrogen functional groups attached to an aromatic ring is 1. The molecule has 1 heterocycles. The number of benzene rings is 2. The van der Waals surface area contributed by atoms with E-state index in [0.29, 0.717) is 11.4 Å². The predicted molar refractivity (Wildman–Crippen MR) is 88.4 cm³/mol. The standard InChI is InChI=1S/C17H19N3O2/c1-4-20-15-8-6-12(21-2)10-14(15)19-17(20)11-5-7-13(18)16(9-11)22-3/h5-10H,4,18H2,1-3H3. The summed E-state index contributed by atoms with van der Waals surface area (Å²) in [7, 11) is 3.27. The van der Waals surface area contributed by atoms with Crippen molar-refractivity contribution in [3.05, 3.63) is 36.4 Å². The maximum atomic E-state index is 5.89. The summed E-state index contributed by atoms with van der Waals surface area (Å²) in [6.07, 6.45) is 0. The molecule has 3 rings (SSSR count). The van der Waals surface area contributed by atoms with Gasteiger partial charge in [0.15, 0.2) is 0 Å². The van der Waals surface area contributed by atoms with Crippen LogP contribution in [0.15, 0.2) is 36.4 Å². The molecule has 3 aromatic rings. The molecular formula is C17H19N3O2. The number of aryl methyl sites for hydroxylation is 1. The van der Waals surface area contributed by atoms with Crippen molar-refractivity contribution in [1.29, 1.82) is 0 Å². The lowest BCUT2D eigenvalue weighted by atomic mass is 10.2. The number of imidazole rings is 1. The minimum Gasteiger partial charge on any atom is -0.497 e. The highest BCUT2D eigenvalue weighted by atomic mass is 16.5. The Morgan fingerprint density at radius 2 is 1.91 bits per heavy atom. The first-order chi connectivity index (χ1) is 10.7. The van der Waals surface area contributed by atoms with Crippen LogP contribution in [0.4, 0.5) is 5.69 Å². The summed E-state index contributed by atoms with van der Waals surface area (Å²) < 4.78 is 12.8. The highest BCUT2D eigenvalue weighted by molar-refractivity contribution is 5.82. The average molecular weight is 297 g/mol. The van der Waals surface area contributed by atoms with E-state index in [2.05, 4.69) is 11.5 Å². The molecular weight excluding hydrogens is 278 g/mol. The highest BCUT2D eigenvalue weighted by Gasteiger charge is 2.13. The van der Waals surface area contributed by atoms with Gasteiger partial charge in [0.25, 0.3) is 0 Å². The molecule has 0 spiro atoms. The first kappa shape index (κ1) is 14.3. The third-order valence-corrected chi connectivity index (χ3v) is 3.76. The van der Waals surface area contributed by atoms with E-state index < -0.39 is 0 Å². The molecule has 22 heavy (non-hydrogen) atoms. The van der Waals surface area contributed by atoms with Gasteiger partial charge in [0.05, 0.1) is 30.9 Å². The van der Waals surface area contributed by atoms with Crippen molar-refractivity contribution < 1.29 is 9.47 Å². The molecule has 0 radical (unpaired) electrons. The predicted octanol–water partition coefficient (Wildman–Crippen LogP) is 3.32. The fourth-order valence-corrected chi connectivity index (χ4v) is 2.63. The van der Waals surface area contributed by atoms with Crippen molar-refractivity contribution in [1.82, 2.24) is 9.55 Å². The Morgan fingerprint density at radius 1 is 1.09 bits per heavy atom. The average Bonchev–Trinajstić information content (AvgIpc) is 2.92. The molecule has 1 aromatic heterocycles. The SMILES string of the molecule is CCn1c(-c2ccc(N)c(OC)c2)nc2cc(OC)ccc21. The Kier molecular flexibility index (Phi) is 3.63. The maximum absolute atomic E-state index is 5.89. The molecule has 114 valence electrons. The van der Waals surface area contributed by atoms with Gasteiger partial charge in [0, 0.05) is 18.2 Å². The van der Waals surface area contributed by atoms with Gasteiger partial charge in [0.2, 0.25) is 0 Å². The van der Waals surface area contributed by atoms with Gasteiger partial charge >= 0.3 is 0 Å². The van der Waals surface area contributed by atoms with Crippen LogP contribution < -0.4 is 15.2 Å². The van der Waals surface area contributed by atoms with Crippen molar-refractivity contribution in [2.24, 2.45) is 0 Å². The lowest BCUT2D eigenvalue weighted by Crippen LogP contribution is -1.99. The Hall–Kier alpha value is -2.69. The molecule has 5 nitrogen and oxygen atoms in total. The topological polar surface area (TPSA) is 62.3 Å². The maximum Gasteiger partial charge on any atom is 0.142 e. The second-order valence-corrected chi connectivity index (χ2v) is 4.99. The van der Waals surface area contributed by atoms with Crippen LogP contribution in [0.3, 0.4) is 0 Å². The normalized spacial score (nSPS) is 10.9. The zero-order valence-corrected chi connectivity index (χ0v) is 13.0. The number of hydrogen-bond donors (Lipinski definition) is 1. The number of anilines is 1. The fourth-order valence-electron chi connectivity index (χ4n) is 2.63. The second-order valence-electron chi connectivity index (χ2n) is 4.99. The summed E-state index contributed by atoms with van der Waals surface area (Å²) >= 11 is 0. The summed E-state index contributed by atoms with van der Waals surface area (Å²) in [5, 5.41) is 0. The number of hydrogen-bond acceptors (Lipinski definition) is 4. The van der Waals surface area contributed by atoms with E-state index in [1.165, 1.54) is 0 Å². The van der Waals surface area contributed by atoms with Crippen LogP contribution in [0.25, 0.3) is 22.4 Å². The molecule has 2 aromatic carbocycles. The molecule has 0 saturated carbocycles. The molecule has 0 atom stereocenters. The molecule has 0 unspecified atom stereocenters. The van der Waals surface area contributed by atoms with Crippen molar-refractivity contribution in [2.45, 2.75) is 13.5 Å². The number of nitrogens with two attached hydrogens (primary N) is 1. The Morgan fingerprint density at radius 3 is 2.59 bits per heavy atom. The Bertz CT molecular complexity index is 824. The molecule has 0 bridgehead atoms.